The van der Waals surface area contributed by atoms with Crippen molar-refractivity contribution in [3.8, 4) is 17.1 Å². The summed E-state index contributed by atoms with van der Waals surface area (Å²) in [4.78, 5) is 46.5. The first-order valence-corrected chi connectivity index (χ1v) is 18.8. The van der Waals surface area contributed by atoms with Gasteiger partial charge in [-0.1, -0.05) is 45.0 Å². The predicted molar refractivity (Wildman–Crippen MR) is 196 cm³/mol. The lowest BCUT2D eigenvalue weighted by atomic mass is 9.65. The van der Waals surface area contributed by atoms with Crippen LogP contribution in [0.25, 0.3) is 11.3 Å². The number of aromatic nitrogens is 2. The zero-order valence-electron chi connectivity index (χ0n) is 31.3. The van der Waals surface area contributed by atoms with Gasteiger partial charge in [0, 0.05) is 23.7 Å². The van der Waals surface area contributed by atoms with E-state index < -0.39 is 45.6 Å². The molecule has 3 aromatic rings. The molecule has 0 saturated heterocycles. The second-order valence-corrected chi connectivity index (χ2v) is 16.8. The van der Waals surface area contributed by atoms with Crippen molar-refractivity contribution in [1.29, 1.82) is 0 Å². The third kappa shape index (κ3) is 10.1. The Balaban J connectivity index is 1.63. The Bertz CT molecular complexity index is 1850. The maximum absolute atomic E-state index is 13.4. The number of hydrogen-bond donors (Lipinski definition) is 3. The van der Waals surface area contributed by atoms with E-state index in [1.54, 1.807) is 33.8 Å². The second-order valence-electron chi connectivity index (χ2n) is 15.2. The van der Waals surface area contributed by atoms with Crippen molar-refractivity contribution in [1.82, 2.24) is 15.3 Å². The van der Waals surface area contributed by atoms with Crippen molar-refractivity contribution in [2.45, 2.75) is 111 Å². The second kappa shape index (κ2) is 16.0. The van der Waals surface area contributed by atoms with Crippen LogP contribution in [0.5, 0.6) is 5.88 Å². The number of carbonyl (C=O) groups is 3. The minimum Gasteiger partial charge on any atom is -0.478 e. The number of ether oxygens (including phenoxy) is 3. The number of carboxylic acid groups (broad SMARTS) is 1. The first-order valence-electron chi connectivity index (χ1n) is 17.3. The molecule has 1 aliphatic carbocycles. The zero-order valence-corrected chi connectivity index (χ0v) is 32.1. The SMILES string of the molecule is Cc1cccc(C)c1-c1cc(OCC(CC(C)(C)C)NC2CC(C(=O)OC(C)C)(C(=O)OC(C)C)C2)nc(NS(=O)(=O)c2cccc(C(=O)O)c2)n1. The summed E-state index contributed by atoms with van der Waals surface area (Å²) in [6, 6.07) is 11.9. The van der Waals surface area contributed by atoms with Gasteiger partial charge >= 0.3 is 17.9 Å². The van der Waals surface area contributed by atoms with Crippen LogP contribution in [0.15, 0.2) is 53.4 Å². The molecule has 1 heterocycles. The lowest BCUT2D eigenvalue weighted by Crippen LogP contribution is -2.61. The maximum atomic E-state index is 13.4. The van der Waals surface area contributed by atoms with Crippen molar-refractivity contribution >= 4 is 33.9 Å². The van der Waals surface area contributed by atoms with Gasteiger partial charge in [0.1, 0.15) is 6.61 Å². The minimum atomic E-state index is -4.29. The molecule has 52 heavy (non-hydrogen) atoms. The molecule has 1 fully saturated rings. The summed E-state index contributed by atoms with van der Waals surface area (Å²) >= 11 is 0. The summed E-state index contributed by atoms with van der Waals surface area (Å²) in [6.07, 6.45) is 0.262. The first kappa shape index (κ1) is 40.2. The number of aromatic carboxylic acids is 1. The molecule has 3 N–H and O–H groups in total. The average molecular weight is 739 g/mol. The van der Waals surface area contributed by atoms with Crippen molar-refractivity contribution in [3.63, 3.8) is 0 Å². The molecule has 0 bridgehead atoms. The van der Waals surface area contributed by atoms with Gasteiger partial charge in [0.05, 0.1) is 28.4 Å². The van der Waals surface area contributed by atoms with Gasteiger partial charge in [-0.25, -0.2) is 22.9 Å². The third-order valence-electron chi connectivity index (χ3n) is 8.48. The van der Waals surface area contributed by atoms with Crippen molar-refractivity contribution in [2.75, 3.05) is 11.3 Å². The maximum Gasteiger partial charge on any atom is 0.335 e. The highest BCUT2D eigenvalue weighted by molar-refractivity contribution is 7.92. The van der Waals surface area contributed by atoms with Gasteiger partial charge in [-0.15, -0.1) is 0 Å². The fourth-order valence-electron chi connectivity index (χ4n) is 6.26. The van der Waals surface area contributed by atoms with Gasteiger partial charge in [0.25, 0.3) is 10.0 Å². The van der Waals surface area contributed by atoms with Crippen LogP contribution >= 0.6 is 0 Å². The van der Waals surface area contributed by atoms with Crippen LogP contribution < -0.4 is 14.8 Å². The molecule has 13 nitrogen and oxygen atoms in total. The summed E-state index contributed by atoms with van der Waals surface area (Å²) < 4.78 is 46.5. The molecule has 0 aliphatic heterocycles. The number of rotatable bonds is 15. The van der Waals surface area contributed by atoms with Gasteiger partial charge < -0.3 is 24.6 Å². The van der Waals surface area contributed by atoms with E-state index in [1.165, 1.54) is 18.2 Å². The average Bonchev–Trinajstić information content (AvgIpc) is 2.99. The molecule has 1 atom stereocenters. The van der Waals surface area contributed by atoms with Crippen LogP contribution in [-0.2, 0) is 29.1 Å². The minimum absolute atomic E-state index is 0.106. The van der Waals surface area contributed by atoms with Gasteiger partial charge in [-0.05, 0) is 95.5 Å². The molecule has 0 radical (unpaired) electrons. The molecule has 0 spiro atoms. The van der Waals surface area contributed by atoms with Crippen LogP contribution in [0.4, 0.5) is 5.95 Å². The van der Waals surface area contributed by atoms with E-state index in [9.17, 15) is 27.9 Å². The first-order chi connectivity index (χ1) is 24.2. The number of esters is 2. The number of aryl methyl sites for hydroxylation is 2. The quantitative estimate of drug-likeness (QED) is 0.121. The fraction of sp³-hybridized carbons (Fsp3) is 0.500. The summed E-state index contributed by atoms with van der Waals surface area (Å²) in [5.74, 6) is -2.61. The van der Waals surface area contributed by atoms with Crippen LogP contribution in [0.2, 0.25) is 0 Å². The number of carbonyl (C=O) groups excluding carboxylic acids is 2. The molecule has 4 rings (SSSR count). The normalized spacial score (nSPS) is 15.1. The van der Waals surface area contributed by atoms with E-state index in [1.807, 2.05) is 32.0 Å². The summed E-state index contributed by atoms with van der Waals surface area (Å²) in [5, 5.41) is 13.0. The van der Waals surface area contributed by atoms with E-state index in [-0.39, 0.29) is 59.2 Å². The van der Waals surface area contributed by atoms with E-state index in [4.69, 9.17) is 14.2 Å². The Hall–Kier alpha value is -4.56. The lowest BCUT2D eigenvalue weighted by Gasteiger charge is -2.45. The summed E-state index contributed by atoms with van der Waals surface area (Å²) in [6.45, 7) is 17.1. The Morgan fingerprint density at radius 3 is 2.04 bits per heavy atom. The van der Waals surface area contributed by atoms with Crippen LogP contribution in [0.1, 0.15) is 89.2 Å². The van der Waals surface area contributed by atoms with E-state index in [2.05, 4.69) is 40.8 Å². The standard InChI is InChI=1S/C38H50N4O9S/c1-22(2)50-34(45)38(35(46)51-23(3)4)19-27(20-38)39-28(18-37(7,8)9)21-49-31-17-30(32-24(5)12-10-13-25(32)6)40-36(41-31)42-52(47,48)29-15-11-14-26(16-29)33(43)44/h10-17,22-23,27-28,39H,18-21H2,1-9H3,(H,43,44)(H,40,41,42). The topological polar surface area (TPSA) is 183 Å². The number of benzene rings is 2. The highest BCUT2D eigenvalue weighted by Gasteiger charge is 2.59. The molecule has 0 amide bonds. The molecular formula is C38H50N4O9S. The number of nitrogens with one attached hydrogen (secondary N) is 2. The Morgan fingerprint density at radius 2 is 1.50 bits per heavy atom. The summed E-state index contributed by atoms with van der Waals surface area (Å²) in [7, 11) is -4.29. The number of sulfonamides is 1. The number of carboxylic acids is 1. The molecule has 1 aromatic heterocycles. The summed E-state index contributed by atoms with van der Waals surface area (Å²) in [5.41, 5.74) is 1.28. The molecule has 282 valence electrons. The smallest absolute Gasteiger partial charge is 0.335 e. The molecule has 1 saturated carbocycles. The Kier molecular flexibility index (Phi) is 12.4. The zero-order chi connectivity index (χ0) is 38.6. The van der Waals surface area contributed by atoms with E-state index in [0.29, 0.717) is 12.1 Å². The van der Waals surface area contributed by atoms with Crippen LogP contribution in [0, 0.1) is 24.7 Å². The van der Waals surface area contributed by atoms with Crippen molar-refractivity contribution in [3.05, 3.63) is 65.2 Å². The molecular weight excluding hydrogens is 689 g/mol. The van der Waals surface area contributed by atoms with E-state index in [0.717, 1.165) is 22.8 Å². The highest BCUT2D eigenvalue weighted by atomic mass is 32.2. The van der Waals surface area contributed by atoms with Crippen LogP contribution in [0.3, 0.4) is 0 Å². The van der Waals surface area contributed by atoms with Gasteiger partial charge in [-0.2, -0.15) is 4.98 Å². The van der Waals surface area contributed by atoms with Gasteiger partial charge in [0.15, 0.2) is 5.41 Å². The molecule has 14 heteroatoms. The van der Waals surface area contributed by atoms with Crippen molar-refractivity contribution < 1.29 is 42.1 Å². The Labute approximate surface area is 305 Å². The highest BCUT2D eigenvalue weighted by Crippen LogP contribution is 2.45. The van der Waals surface area contributed by atoms with Crippen molar-refractivity contribution in [2.24, 2.45) is 10.8 Å². The number of nitrogens with zero attached hydrogens (tertiary/aromatic N) is 2. The number of anilines is 1. The fourth-order valence-corrected chi connectivity index (χ4v) is 7.25. The van der Waals surface area contributed by atoms with Crippen LogP contribution in [-0.4, -0.2) is 72.3 Å². The predicted octanol–water partition coefficient (Wildman–Crippen LogP) is 6.08. The molecule has 1 unspecified atom stereocenters. The molecule has 1 aliphatic rings. The Morgan fingerprint density at radius 1 is 0.923 bits per heavy atom. The van der Waals surface area contributed by atoms with E-state index >= 15 is 0 Å². The lowest BCUT2D eigenvalue weighted by molar-refractivity contribution is -0.186. The van der Waals surface area contributed by atoms with Gasteiger partial charge in [0.2, 0.25) is 11.8 Å². The molecule has 2 aromatic carbocycles. The third-order valence-corrected chi connectivity index (χ3v) is 9.80. The largest absolute Gasteiger partial charge is 0.478 e. The monoisotopic (exact) mass is 738 g/mol. The van der Waals surface area contributed by atoms with Gasteiger partial charge in [-0.3, -0.25) is 9.59 Å². The number of hydrogen-bond acceptors (Lipinski definition) is 11.